The predicted octanol–water partition coefficient (Wildman–Crippen LogP) is 0.263. The van der Waals surface area contributed by atoms with E-state index >= 15 is 0 Å². The Morgan fingerprint density at radius 2 is 2.05 bits per heavy atom. The van der Waals surface area contributed by atoms with Gasteiger partial charge in [-0.25, -0.2) is 15.8 Å². The maximum absolute atomic E-state index is 9.86. The second-order valence-corrected chi connectivity index (χ2v) is 5.14. The summed E-state index contributed by atoms with van der Waals surface area (Å²) in [6.45, 7) is 0. The molecule has 104 valence electrons. The third-order valence-corrected chi connectivity index (χ3v) is 4.08. The number of nitrogens with zero attached hydrogens (tertiary/aromatic N) is 3. The lowest BCUT2D eigenvalue weighted by molar-refractivity contribution is 0.125. The second kappa shape index (κ2) is 4.82. The number of ether oxygens (including phenoxy) is 1. The minimum Gasteiger partial charge on any atom is -0.490 e. The van der Waals surface area contributed by atoms with Crippen molar-refractivity contribution in [2.75, 3.05) is 17.4 Å². The summed E-state index contributed by atoms with van der Waals surface area (Å²) in [7, 11) is 1.59. The fraction of sp³-hybridized carbons (Fsp3) is 0.667. The highest BCUT2D eigenvalue weighted by molar-refractivity contribution is 5.65. The number of hydrazine groups is 1. The molecule has 7 heteroatoms. The van der Waals surface area contributed by atoms with Crippen molar-refractivity contribution in [2.45, 2.75) is 43.9 Å². The number of methoxy groups -OCH3 is 1. The van der Waals surface area contributed by atoms with Crippen molar-refractivity contribution in [2.24, 2.45) is 5.84 Å². The molecule has 2 unspecified atom stereocenters. The first-order valence-corrected chi connectivity index (χ1v) is 6.56. The lowest BCUT2D eigenvalue weighted by Crippen LogP contribution is -2.45. The van der Waals surface area contributed by atoms with Gasteiger partial charge in [0, 0.05) is 12.1 Å². The number of hydrogen-bond donors (Lipinski definition) is 3. The third-order valence-electron chi connectivity index (χ3n) is 4.08. The Balaban J connectivity index is 1.99. The molecule has 0 radical (unpaired) electrons. The zero-order valence-electron chi connectivity index (χ0n) is 10.9. The number of aromatic nitrogens is 2. The summed E-state index contributed by atoms with van der Waals surface area (Å²) >= 11 is 0. The van der Waals surface area contributed by atoms with Gasteiger partial charge < -0.3 is 20.2 Å². The Morgan fingerprint density at radius 3 is 2.63 bits per heavy atom. The van der Waals surface area contributed by atoms with E-state index in [0.29, 0.717) is 23.7 Å². The van der Waals surface area contributed by atoms with Gasteiger partial charge >= 0.3 is 0 Å². The highest BCUT2D eigenvalue weighted by atomic mass is 16.5. The summed E-state index contributed by atoms with van der Waals surface area (Å²) in [5.74, 6) is 7.27. The summed E-state index contributed by atoms with van der Waals surface area (Å²) in [5, 5.41) is 9.86. The van der Waals surface area contributed by atoms with Gasteiger partial charge in [-0.1, -0.05) is 0 Å². The van der Waals surface area contributed by atoms with E-state index in [2.05, 4.69) is 20.3 Å². The molecule has 7 nitrogen and oxygen atoms in total. The van der Waals surface area contributed by atoms with Crippen LogP contribution in [0.2, 0.25) is 0 Å². The van der Waals surface area contributed by atoms with Crippen molar-refractivity contribution in [3.63, 3.8) is 0 Å². The smallest absolute Gasteiger partial charge is 0.205 e. The minimum atomic E-state index is -0.200. The van der Waals surface area contributed by atoms with Crippen molar-refractivity contribution < 1.29 is 9.84 Å². The summed E-state index contributed by atoms with van der Waals surface area (Å²) in [4.78, 5) is 10.7. The van der Waals surface area contributed by atoms with Crippen LogP contribution < -0.4 is 20.9 Å². The molecule has 0 saturated carbocycles. The monoisotopic (exact) mass is 265 g/mol. The molecule has 4 N–H and O–H groups in total. The normalized spacial score (nSPS) is 29.4. The highest BCUT2D eigenvalue weighted by Gasteiger charge is 2.42. The molecule has 3 rings (SSSR count). The number of nitrogens with one attached hydrogen (secondary N) is 1. The van der Waals surface area contributed by atoms with Crippen molar-refractivity contribution in [1.82, 2.24) is 9.97 Å². The number of nitrogens with two attached hydrogens (primary N) is 1. The van der Waals surface area contributed by atoms with Crippen molar-refractivity contribution in [3.8, 4) is 5.75 Å². The Morgan fingerprint density at radius 1 is 1.37 bits per heavy atom. The van der Waals surface area contributed by atoms with Gasteiger partial charge in [-0.15, -0.1) is 0 Å². The molecule has 2 bridgehead atoms. The molecular formula is C12H19N5O2. The van der Waals surface area contributed by atoms with E-state index in [1.807, 2.05) is 0 Å². The van der Waals surface area contributed by atoms with Gasteiger partial charge in [-0.3, -0.25) is 0 Å². The lowest BCUT2D eigenvalue weighted by atomic mass is 10.00. The fourth-order valence-corrected chi connectivity index (χ4v) is 3.33. The number of piperidine rings is 1. The van der Waals surface area contributed by atoms with Crippen molar-refractivity contribution in [3.05, 3.63) is 6.33 Å². The van der Waals surface area contributed by atoms with E-state index < -0.39 is 0 Å². The molecule has 2 saturated heterocycles. The molecule has 2 aliphatic rings. The Labute approximate surface area is 111 Å². The number of nitrogen functional groups attached to an aromatic ring is 1. The topological polar surface area (TPSA) is 96.5 Å². The number of aliphatic hydroxyl groups is 1. The van der Waals surface area contributed by atoms with Gasteiger partial charge in [0.05, 0.1) is 13.2 Å². The molecule has 1 aromatic rings. The van der Waals surface area contributed by atoms with Crippen LogP contribution in [0.3, 0.4) is 0 Å². The quantitative estimate of drug-likeness (QED) is 0.533. The van der Waals surface area contributed by atoms with Crippen LogP contribution >= 0.6 is 0 Å². The average molecular weight is 265 g/mol. The standard InChI is InChI=1S/C12H19N5O2/c1-19-10-11(16-13)14-6-15-12(10)17-7-2-3-8(17)5-9(18)4-7/h6-9,18H,2-5,13H2,1H3,(H,14,15,16). The van der Waals surface area contributed by atoms with E-state index in [1.165, 1.54) is 6.33 Å². The predicted molar refractivity (Wildman–Crippen MR) is 70.9 cm³/mol. The minimum absolute atomic E-state index is 0.200. The van der Waals surface area contributed by atoms with Gasteiger partial charge in [-0.05, 0) is 25.7 Å². The first-order valence-electron chi connectivity index (χ1n) is 6.56. The zero-order valence-corrected chi connectivity index (χ0v) is 10.9. The molecule has 1 aromatic heterocycles. The van der Waals surface area contributed by atoms with Crippen LogP contribution in [-0.4, -0.2) is 40.4 Å². The number of aliphatic hydroxyl groups excluding tert-OH is 1. The summed E-state index contributed by atoms with van der Waals surface area (Å²) < 4.78 is 5.40. The van der Waals surface area contributed by atoms with Crippen LogP contribution in [-0.2, 0) is 0 Å². The number of fused-ring (bicyclic) bond motifs is 2. The van der Waals surface area contributed by atoms with Crippen LogP contribution in [0.15, 0.2) is 6.33 Å². The molecular weight excluding hydrogens is 246 g/mol. The lowest BCUT2D eigenvalue weighted by Gasteiger charge is -2.38. The fourth-order valence-electron chi connectivity index (χ4n) is 3.33. The molecule has 2 fully saturated rings. The van der Waals surface area contributed by atoms with Gasteiger partial charge in [0.2, 0.25) is 5.75 Å². The highest BCUT2D eigenvalue weighted by Crippen LogP contribution is 2.43. The zero-order chi connectivity index (χ0) is 13.4. The average Bonchev–Trinajstić information content (AvgIpc) is 2.69. The second-order valence-electron chi connectivity index (χ2n) is 5.14. The molecule has 0 amide bonds. The Bertz CT molecular complexity index is 455. The first kappa shape index (κ1) is 12.4. The van der Waals surface area contributed by atoms with Crippen LogP contribution in [0.25, 0.3) is 0 Å². The van der Waals surface area contributed by atoms with E-state index in [-0.39, 0.29) is 6.10 Å². The van der Waals surface area contributed by atoms with Gasteiger partial charge in [0.15, 0.2) is 11.6 Å². The number of anilines is 2. The summed E-state index contributed by atoms with van der Waals surface area (Å²) in [5.41, 5.74) is 2.53. The molecule has 19 heavy (non-hydrogen) atoms. The number of rotatable bonds is 3. The number of hydrogen-bond acceptors (Lipinski definition) is 7. The van der Waals surface area contributed by atoms with Crippen LogP contribution in [0.1, 0.15) is 25.7 Å². The van der Waals surface area contributed by atoms with E-state index in [1.54, 1.807) is 7.11 Å². The molecule has 2 atom stereocenters. The van der Waals surface area contributed by atoms with Crippen molar-refractivity contribution in [1.29, 1.82) is 0 Å². The van der Waals surface area contributed by atoms with Crippen molar-refractivity contribution >= 4 is 11.6 Å². The Kier molecular flexibility index (Phi) is 3.16. The maximum atomic E-state index is 9.86. The molecule has 3 heterocycles. The Hall–Kier alpha value is -1.60. The SMILES string of the molecule is COc1c(NN)ncnc1N1C2CCC1CC(O)C2. The van der Waals surface area contributed by atoms with Gasteiger partial charge in [0.25, 0.3) is 0 Å². The maximum Gasteiger partial charge on any atom is 0.205 e. The molecule has 0 spiro atoms. The molecule has 2 aliphatic heterocycles. The van der Waals surface area contributed by atoms with Gasteiger partial charge in [-0.2, -0.15) is 0 Å². The van der Waals surface area contributed by atoms with E-state index in [0.717, 1.165) is 31.5 Å². The van der Waals surface area contributed by atoms with Crippen LogP contribution in [0, 0.1) is 0 Å². The largest absolute Gasteiger partial charge is 0.490 e. The molecule has 0 aliphatic carbocycles. The summed E-state index contributed by atoms with van der Waals surface area (Å²) in [6, 6.07) is 0.645. The van der Waals surface area contributed by atoms with E-state index in [4.69, 9.17) is 10.6 Å². The van der Waals surface area contributed by atoms with Crippen LogP contribution in [0.4, 0.5) is 11.6 Å². The summed E-state index contributed by atoms with van der Waals surface area (Å²) in [6.07, 6.45) is 5.02. The molecule has 0 aromatic carbocycles. The first-order chi connectivity index (χ1) is 9.24. The third kappa shape index (κ3) is 1.98. The van der Waals surface area contributed by atoms with Crippen LogP contribution in [0.5, 0.6) is 5.75 Å². The van der Waals surface area contributed by atoms with Gasteiger partial charge in [0.1, 0.15) is 6.33 Å². The van der Waals surface area contributed by atoms with E-state index in [9.17, 15) is 5.11 Å².